The third-order valence-corrected chi connectivity index (χ3v) is 7.15. The van der Waals surface area contributed by atoms with Gasteiger partial charge in [-0.1, -0.05) is 48.5 Å². The van der Waals surface area contributed by atoms with Gasteiger partial charge in [-0.15, -0.1) is 0 Å². The molecule has 0 spiro atoms. The summed E-state index contributed by atoms with van der Waals surface area (Å²) >= 11 is 0. The van der Waals surface area contributed by atoms with Crippen molar-refractivity contribution < 1.29 is 8.42 Å². The number of sulfonamides is 1. The lowest BCUT2D eigenvalue weighted by atomic mass is 10.0. The molecule has 2 aromatic carbocycles. The van der Waals surface area contributed by atoms with Crippen LogP contribution < -0.4 is 0 Å². The van der Waals surface area contributed by atoms with E-state index in [1.54, 1.807) is 28.6 Å². The van der Waals surface area contributed by atoms with Crippen molar-refractivity contribution in [2.45, 2.75) is 36.2 Å². The van der Waals surface area contributed by atoms with Crippen LogP contribution in [0.15, 0.2) is 65.6 Å². The fourth-order valence-corrected chi connectivity index (χ4v) is 5.36. The van der Waals surface area contributed by atoms with Crippen molar-refractivity contribution >= 4 is 10.0 Å². The number of piperazine rings is 1. The van der Waals surface area contributed by atoms with E-state index >= 15 is 0 Å². The highest BCUT2D eigenvalue weighted by Gasteiger charge is 2.40. The molecule has 1 atom stereocenters. The molecule has 4 nitrogen and oxygen atoms in total. The number of hydrogen-bond donors (Lipinski definition) is 0. The van der Waals surface area contributed by atoms with E-state index in [9.17, 15) is 8.42 Å². The minimum absolute atomic E-state index is 0.0121. The summed E-state index contributed by atoms with van der Waals surface area (Å²) in [5.41, 5.74) is 1.19. The molecule has 1 saturated carbocycles. The Kier molecular flexibility index (Phi) is 4.63. The van der Waals surface area contributed by atoms with E-state index in [0.717, 1.165) is 19.5 Å². The van der Waals surface area contributed by atoms with Gasteiger partial charge in [0.15, 0.2) is 0 Å². The van der Waals surface area contributed by atoms with Crippen LogP contribution >= 0.6 is 0 Å². The van der Waals surface area contributed by atoms with Crippen LogP contribution in [0, 0.1) is 0 Å². The van der Waals surface area contributed by atoms with Crippen molar-refractivity contribution in [1.82, 2.24) is 9.21 Å². The van der Waals surface area contributed by atoms with Crippen LogP contribution in [-0.4, -0.2) is 49.3 Å². The topological polar surface area (TPSA) is 40.6 Å². The van der Waals surface area contributed by atoms with Gasteiger partial charge in [-0.2, -0.15) is 4.31 Å². The highest BCUT2D eigenvalue weighted by atomic mass is 32.2. The molecule has 5 heteroatoms. The molecule has 132 valence electrons. The van der Waals surface area contributed by atoms with Crippen molar-refractivity contribution in [2.24, 2.45) is 0 Å². The van der Waals surface area contributed by atoms with Gasteiger partial charge in [-0.25, -0.2) is 8.42 Å². The van der Waals surface area contributed by atoms with Crippen LogP contribution in [0.1, 0.15) is 18.4 Å². The summed E-state index contributed by atoms with van der Waals surface area (Å²) in [6, 6.07) is 19.7. The lowest BCUT2D eigenvalue weighted by Crippen LogP contribution is -2.56. The minimum atomic E-state index is -3.45. The largest absolute Gasteiger partial charge is 0.297 e. The van der Waals surface area contributed by atoms with Gasteiger partial charge in [0.2, 0.25) is 10.0 Å². The van der Waals surface area contributed by atoms with Gasteiger partial charge in [-0.3, -0.25) is 4.90 Å². The van der Waals surface area contributed by atoms with Crippen molar-refractivity contribution in [2.75, 3.05) is 19.6 Å². The first-order chi connectivity index (χ1) is 12.1. The van der Waals surface area contributed by atoms with E-state index in [1.165, 1.54) is 18.4 Å². The Labute approximate surface area is 150 Å². The quantitative estimate of drug-likeness (QED) is 0.827. The summed E-state index contributed by atoms with van der Waals surface area (Å²) in [6.07, 6.45) is 3.27. The van der Waals surface area contributed by atoms with Gasteiger partial charge in [-0.05, 0) is 37.0 Å². The van der Waals surface area contributed by atoms with Gasteiger partial charge in [0.05, 0.1) is 4.90 Å². The molecule has 0 N–H and O–H groups in total. The first-order valence-corrected chi connectivity index (χ1v) is 10.4. The second-order valence-corrected chi connectivity index (χ2v) is 8.89. The van der Waals surface area contributed by atoms with Crippen LogP contribution in [0.4, 0.5) is 0 Å². The summed E-state index contributed by atoms with van der Waals surface area (Å²) in [5.74, 6) is 0. The van der Waals surface area contributed by atoms with E-state index in [1.807, 2.05) is 24.3 Å². The second kappa shape index (κ2) is 6.90. The Bertz CT molecular complexity index is 804. The van der Waals surface area contributed by atoms with Crippen LogP contribution in [0.25, 0.3) is 0 Å². The predicted molar refractivity (Wildman–Crippen MR) is 98.9 cm³/mol. The van der Waals surface area contributed by atoms with E-state index < -0.39 is 10.0 Å². The van der Waals surface area contributed by atoms with Gasteiger partial charge in [0.1, 0.15) is 0 Å². The highest BCUT2D eigenvalue weighted by molar-refractivity contribution is 7.89. The maximum absolute atomic E-state index is 13.2. The molecule has 1 heterocycles. The first kappa shape index (κ1) is 16.8. The molecule has 1 aliphatic heterocycles. The standard InChI is InChI=1S/C20H24N2O2S/c23-25(24,20-9-5-2-6-10-20)22-14-13-21(18-11-12-18)16-19(22)15-17-7-3-1-4-8-17/h1-10,18-19H,11-16H2/t19-/m0/s1. The van der Waals surface area contributed by atoms with Crippen LogP contribution in [0.2, 0.25) is 0 Å². The molecular formula is C20H24N2O2S. The van der Waals surface area contributed by atoms with Crippen molar-refractivity contribution in [3.63, 3.8) is 0 Å². The second-order valence-electron chi connectivity index (χ2n) is 7.00. The summed E-state index contributed by atoms with van der Waals surface area (Å²) in [4.78, 5) is 2.87. The van der Waals surface area contributed by atoms with Crippen molar-refractivity contribution in [3.8, 4) is 0 Å². The highest BCUT2D eigenvalue weighted by Crippen LogP contribution is 2.31. The fourth-order valence-electron chi connectivity index (χ4n) is 3.73. The molecule has 0 bridgehead atoms. The zero-order chi connectivity index (χ0) is 17.3. The average molecular weight is 356 g/mol. The van der Waals surface area contributed by atoms with Crippen molar-refractivity contribution in [3.05, 3.63) is 66.2 Å². The van der Waals surface area contributed by atoms with E-state index in [2.05, 4.69) is 17.0 Å². The molecule has 2 aromatic rings. The zero-order valence-electron chi connectivity index (χ0n) is 14.3. The van der Waals surface area contributed by atoms with Gasteiger partial charge in [0.25, 0.3) is 0 Å². The normalized spacial score (nSPS) is 22.8. The molecule has 25 heavy (non-hydrogen) atoms. The Balaban J connectivity index is 1.62. The zero-order valence-corrected chi connectivity index (χ0v) is 15.1. The van der Waals surface area contributed by atoms with Gasteiger partial charge in [0, 0.05) is 31.7 Å². The average Bonchev–Trinajstić information content (AvgIpc) is 3.48. The molecule has 1 aliphatic carbocycles. The van der Waals surface area contributed by atoms with Crippen LogP contribution in [0.3, 0.4) is 0 Å². The molecule has 0 amide bonds. The minimum Gasteiger partial charge on any atom is -0.297 e. The molecule has 2 fully saturated rings. The lowest BCUT2D eigenvalue weighted by Gasteiger charge is -2.41. The third-order valence-electron chi connectivity index (χ3n) is 5.19. The molecule has 0 aromatic heterocycles. The predicted octanol–water partition coefficient (Wildman–Crippen LogP) is 2.77. The van der Waals surface area contributed by atoms with Crippen LogP contribution in [-0.2, 0) is 16.4 Å². The SMILES string of the molecule is O=S(=O)(c1ccccc1)N1CCN(C2CC2)C[C@@H]1Cc1ccccc1. The Morgan fingerprint density at radius 3 is 2.16 bits per heavy atom. The molecule has 0 radical (unpaired) electrons. The smallest absolute Gasteiger partial charge is 0.243 e. The third kappa shape index (κ3) is 3.64. The lowest BCUT2D eigenvalue weighted by molar-refractivity contribution is 0.128. The Morgan fingerprint density at radius 1 is 0.880 bits per heavy atom. The fraction of sp³-hybridized carbons (Fsp3) is 0.400. The van der Waals surface area contributed by atoms with Gasteiger partial charge < -0.3 is 0 Å². The molecule has 2 aliphatic rings. The molecule has 0 unspecified atom stereocenters. The maximum Gasteiger partial charge on any atom is 0.243 e. The summed E-state index contributed by atoms with van der Waals surface area (Å²) in [7, 11) is -3.45. The first-order valence-electron chi connectivity index (χ1n) is 8.99. The Hall–Kier alpha value is -1.69. The molecule has 1 saturated heterocycles. The summed E-state index contributed by atoms with van der Waals surface area (Å²) in [6.45, 7) is 2.23. The number of hydrogen-bond acceptors (Lipinski definition) is 3. The van der Waals surface area contributed by atoms with E-state index in [4.69, 9.17) is 0 Å². The Morgan fingerprint density at radius 2 is 1.52 bits per heavy atom. The van der Waals surface area contributed by atoms with E-state index in [-0.39, 0.29) is 6.04 Å². The monoisotopic (exact) mass is 356 g/mol. The van der Waals surface area contributed by atoms with E-state index in [0.29, 0.717) is 17.5 Å². The van der Waals surface area contributed by atoms with Crippen molar-refractivity contribution in [1.29, 1.82) is 0 Å². The number of rotatable bonds is 5. The molecular weight excluding hydrogens is 332 g/mol. The number of benzene rings is 2. The summed E-state index contributed by atoms with van der Waals surface area (Å²) in [5, 5.41) is 0. The van der Waals surface area contributed by atoms with Crippen LogP contribution in [0.5, 0.6) is 0 Å². The summed E-state index contributed by atoms with van der Waals surface area (Å²) < 4.78 is 28.1. The molecule has 4 rings (SSSR count). The van der Waals surface area contributed by atoms with Gasteiger partial charge >= 0.3 is 0 Å². The number of nitrogens with zero attached hydrogens (tertiary/aromatic N) is 2. The maximum atomic E-state index is 13.2.